The Hall–Kier alpha value is -3.05. The lowest BCUT2D eigenvalue weighted by Crippen LogP contribution is -2.20. The minimum atomic E-state index is -0.283. The van der Waals surface area contributed by atoms with Crippen LogP contribution in [0.5, 0.6) is 17.4 Å². The Morgan fingerprint density at radius 1 is 1.00 bits per heavy atom. The first-order chi connectivity index (χ1) is 12.6. The largest absolute Gasteiger partial charge is 0.484 e. The molecule has 3 rings (SSSR count). The van der Waals surface area contributed by atoms with Crippen molar-refractivity contribution in [3.63, 3.8) is 0 Å². The summed E-state index contributed by atoms with van der Waals surface area (Å²) >= 11 is 5.80. The molecule has 0 spiro atoms. The summed E-state index contributed by atoms with van der Waals surface area (Å²) in [6.45, 7) is 1.90. The molecule has 0 aliphatic rings. The lowest BCUT2D eigenvalue weighted by atomic mass is 10.2. The second kappa shape index (κ2) is 8.36. The van der Waals surface area contributed by atoms with Crippen LogP contribution in [0.4, 0.5) is 5.69 Å². The van der Waals surface area contributed by atoms with Gasteiger partial charge in [-0.3, -0.25) is 4.79 Å². The van der Waals surface area contributed by atoms with Crippen LogP contribution in [0, 0.1) is 6.92 Å². The van der Waals surface area contributed by atoms with E-state index in [2.05, 4.69) is 10.3 Å². The van der Waals surface area contributed by atoms with Crippen LogP contribution in [0.1, 0.15) is 5.56 Å². The fraction of sp³-hybridized carbons (Fsp3) is 0.100. The van der Waals surface area contributed by atoms with Gasteiger partial charge in [0, 0.05) is 11.1 Å². The number of hydrogen-bond acceptors (Lipinski definition) is 4. The summed E-state index contributed by atoms with van der Waals surface area (Å²) in [7, 11) is 0. The van der Waals surface area contributed by atoms with Crippen molar-refractivity contribution < 1.29 is 14.3 Å². The number of carbonyl (C=O) groups is 1. The summed E-state index contributed by atoms with van der Waals surface area (Å²) in [5.74, 6) is 1.44. The third-order valence-electron chi connectivity index (χ3n) is 3.45. The number of rotatable bonds is 6. The summed E-state index contributed by atoms with van der Waals surface area (Å²) in [6, 6.07) is 17.9. The Kier molecular flexibility index (Phi) is 5.71. The highest BCUT2D eigenvalue weighted by molar-refractivity contribution is 6.30. The predicted molar refractivity (Wildman–Crippen MR) is 101 cm³/mol. The van der Waals surface area contributed by atoms with Crippen LogP contribution in [0.25, 0.3) is 0 Å². The van der Waals surface area contributed by atoms with Crippen LogP contribution in [0.2, 0.25) is 5.02 Å². The molecule has 1 heterocycles. The van der Waals surface area contributed by atoms with E-state index in [1.807, 2.05) is 31.2 Å². The van der Waals surface area contributed by atoms with E-state index in [0.717, 1.165) is 5.56 Å². The minimum absolute atomic E-state index is 0.108. The van der Waals surface area contributed by atoms with Gasteiger partial charge in [-0.1, -0.05) is 29.3 Å². The van der Waals surface area contributed by atoms with Crippen molar-refractivity contribution in [2.24, 2.45) is 0 Å². The average Bonchev–Trinajstić information content (AvgIpc) is 2.65. The second-order valence-electron chi connectivity index (χ2n) is 5.59. The Balaban J connectivity index is 1.50. The van der Waals surface area contributed by atoms with Gasteiger partial charge >= 0.3 is 0 Å². The number of nitrogens with zero attached hydrogens (tertiary/aromatic N) is 1. The smallest absolute Gasteiger partial charge is 0.262 e. The van der Waals surface area contributed by atoms with Gasteiger partial charge in [0.1, 0.15) is 11.5 Å². The minimum Gasteiger partial charge on any atom is -0.484 e. The van der Waals surface area contributed by atoms with Crippen LogP contribution in [-0.2, 0) is 4.79 Å². The van der Waals surface area contributed by atoms with E-state index in [-0.39, 0.29) is 12.5 Å². The molecule has 3 aromatic rings. The number of benzene rings is 2. The maximum Gasteiger partial charge on any atom is 0.262 e. The van der Waals surface area contributed by atoms with E-state index in [4.69, 9.17) is 21.1 Å². The van der Waals surface area contributed by atoms with Gasteiger partial charge < -0.3 is 14.8 Å². The molecule has 6 heteroatoms. The second-order valence-corrected chi connectivity index (χ2v) is 6.03. The third kappa shape index (κ3) is 5.22. The highest BCUT2D eigenvalue weighted by Gasteiger charge is 2.05. The lowest BCUT2D eigenvalue weighted by Gasteiger charge is -2.08. The summed E-state index contributed by atoms with van der Waals surface area (Å²) in [5.41, 5.74) is 1.72. The molecule has 0 radical (unpaired) electrons. The van der Waals surface area contributed by atoms with E-state index in [1.165, 1.54) is 6.20 Å². The molecule has 2 aromatic carbocycles. The highest BCUT2D eigenvalue weighted by Crippen LogP contribution is 2.21. The molecule has 5 nitrogen and oxygen atoms in total. The lowest BCUT2D eigenvalue weighted by molar-refractivity contribution is -0.118. The number of pyridine rings is 1. The summed E-state index contributed by atoms with van der Waals surface area (Å²) < 4.78 is 11.0. The number of amides is 1. The Bertz CT molecular complexity index is 863. The molecule has 0 fully saturated rings. The van der Waals surface area contributed by atoms with Gasteiger partial charge in [-0.25, -0.2) is 4.98 Å². The monoisotopic (exact) mass is 368 g/mol. The SMILES string of the molecule is Cc1ccc(Oc2ccc(NC(=O)COc3ccc(Cl)cc3)cn2)cc1. The van der Waals surface area contributed by atoms with Crippen LogP contribution < -0.4 is 14.8 Å². The number of carbonyl (C=O) groups excluding carboxylic acids is 1. The molecule has 1 N–H and O–H groups in total. The molecular formula is C20H17ClN2O3. The number of hydrogen-bond donors (Lipinski definition) is 1. The molecule has 0 unspecified atom stereocenters. The van der Waals surface area contributed by atoms with E-state index >= 15 is 0 Å². The molecule has 26 heavy (non-hydrogen) atoms. The van der Waals surface area contributed by atoms with Crippen molar-refractivity contribution in [2.75, 3.05) is 11.9 Å². The summed E-state index contributed by atoms with van der Waals surface area (Å²) in [5, 5.41) is 3.33. The van der Waals surface area contributed by atoms with Crippen molar-refractivity contribution in [1.82, 2.24) is 4.98 Å². The molecule has 0 saturated heterocycles. The maximum atomic E-state index is 11.9. The van der Waals surface area contributed by atoms with Crippen LogP contribution in [0.15, 0.2) is 66.9 Å². The van der Waals surface area contributed by atoms with Gasteiger partial charge in [-0.15, -0.1) is 0 Å². The number of nitrogens with one attached hydrogen (secondary N) is 1. The highest BCUT2D eigenvalue weighted by atomic mass is 35.5. The normalized spacial score (nSPS) is 10.2. The molecule has 1 amide bonds. The summed E-state index contributed by atoms with van der Waals surface area (Å²) in [4.78, 5) is 16.1. The van der Waals surface area contributed by atoms with E-state index in [0.29, 0.717) is 28.1 Å². The molecular weight excluding hydrogens is 352 g/mol. The van der Waals surface area contributed by atoms with Gasteiger partial charge in [-0.2, -0.15) is 0 Å². The first-order valence-corrected chi connectivity index (χ1v) is 8.35. The van der Waals surface area contributed by atoms with Crippen molar-refractivity contribution in [1.29, 1.82) is 0 Å². The average molecular weight is 369 g/mol. The van der Waals surface area contributed by atoms with Crippen molar-refractivity contribution in [2.45, 2.75) is 6.92 Å². The number of aromatic nitrogens is 1. The fourth-order valence-electron chi connectivity index (χ4n) is 2.12. The maximum absolute atomic E-state index is 11.9. The molecule has 0 aliphatic carbocycles. The van der Waals surface area contributed by atoms with Gasteiger partial charge in [0.15, 0.2) is 6.61 Å². The van der Waals surface area contributed by atoms with Crippen LogP contribution in [-0.4, -0.2) is 17.5 Å². The zero-order chi connectivity index (χ0) is 18.4. The van der Waals surface area contributed by atoms with Crippen molar-refractivity contribution in [3.8, 4) is 17.4 Å². The predicted octanol–water partition coefficient (Wildman–Crippen LogP) is 4.85. The summed E-state index contributed by atoms with van der Waals surface area (Å²) in [6.07, 6.45) is 1.53. The first kappa shape index (κ1) is 17.8. The zero-order valence-electron chi connectivity index (χ0n) is 14.1. The van der Waals surface area contributed by atoms with E-state index in [9.17, 15) is 4.79 Å². The zero-order valence-corrected chi connectivity index (χ0v) is 14.9. The van der Waals surface area contributed by atoms with E-state index in [1.54, 1.807) is 36.4 Å². The molecule has 0 saturated carbocycles. The van der Waals surface area contributed by atoms with Gasteiger partial charge in [-0.05, 0) is 49.4 Å². The molecule has 0 bridgehead atoms. The van der Waals surface area contributed by atoms with Gasteiger partial charge in [0.05, 0.1) is 11.9 Å². The number of aryl methyl sites for hydroxylation is 1. The van der Waals surface area contributed by atoms with Gasteiger partial charge in [0.25, 0.3) is 5.91 Å². The quantitative estimate of drug-likeness (QED) is 0.675. The van der Waals surface area contributed by atoms with Gasteiger partial charge in [0.2, 0.25) is 5.88 Å². The molecule has 1 aromatic heterocycles. The van der Waals surface area contributed by atoms with Crippen LogP contribution >= 0.6 is 11.6 Å². The topological polar surface area (TPSA) is 60.5 Å². The molecule has 132 valence electrons. The molecule has 0 atom stereocenters. The standard InChI is InChI=1S/C20H17ClN2O3/c1-14-2-7-18(8-3-14)26-20-11-6-16(12-22-20)23-19(24)13-25-17-9-4-15(21)5-10-17/h2-12H,13H2,1H3,(H,23,24). The number of ether oxygens (including phenoxy) is 2. The first-order valence-electron chi connectivity index (χ1n) is 7.97. The van der Waals surface area contributed by atoms with Crippen molar-refractivity contribution in [3.05, 3.63) is 77.4 Å². The van der Waals surface area contributed by atoms with Crippen LogP contribution in [0.3, 0.4) is 0 Å². The number of anilines is 1. The Morgan fingerprint density at radius 2 is 1.69 bits per heavy atom. The number of halogens is 1. The third-order valence-corrected chi connectivity index (χ3v) is 3.70. The Morgan fingerprint density at radius 3 is 2.35 bits per heavy atom. The fourth-order valence-corrected chi connectivity index (χ4v) is 2.24. The van der Waals surface area contributed by atoms with E-state index < -0.39 is 0 Å². The Labute approximate surface area is 156 Å². The van der Waals surface area contributed by atoms with Crippen molar-refractivity contribution >= 4 is 23.2 Å². The molecule has 0 aliphatic heterocycles.